The van der Waals surface area contributed by atoms with Crippen LogP contribution in [0.25, 0.3) is 0 Å². The van der Waals surface area contributed by atoms with Gasteiger partial charge in [0.2, 0.25) is 0 Å². The number of piperidine rings is 1. The fraction of sp³-hybridized carbons (Fsp3) is 0.812. The smallest absolute Gasteiger partial charge is 0.317 e. The Morgan fingerprint density at radius 1 is 1.38 bits per heavy atom. The number of aliphatic hydroxyl groups is 1. The first-order valence-corrected chi connectivity index (χ1v) is 7.91. The second-order valence-electron chi connectivity index (χ2n) is 6.55. The molecular formula is C16H31N3O2. The minimum absolute atomic E-state index is 0.0655. The van der Waals surface area contributed by atoms with E-state index in [1.807, 2.05) is 20.8 Å². The summed E-state index contributed by atoms with van der Waals surface area (Å²) in [6, 6.07) is 0.251. The monoisotopic (exact) mass is 297 g/mol. The van der Waals surface area contributed by atoms with Crippen LogP contribution in [0.1, 0.15) is 40.5 Å². The maximum absolute atomic E-state index is 12.3. The van der Waals surface area contributed by atoms with Crippen LogP contribution in [0.15, 0.2) is 12.2 Å². The van der Waals surface area contributed by atoms with E-state index in [0.717, 1.165) is 32.5 Å². The molecule has 0 radical (unpaired) electrons. The highest BCUT2D eigenvalue weighted by Crippen LogP contribution is 2.12. The highest BCUT2D eigenvalue weighted by Gasteiger charge is 2.24. The number of carbonyl (C=O) groups excluding carboxylic acids is 1. The number of aliphatic hydroxyl groups excluding tert-OH is 1. The molecule has 0 bridgehead atoms. The molecule has 1 unspecified atom stereocenters. The van der Waals surface area contributed by atoms with E-state index in [1.165, 1.54) is 5.57 Å². The van der Waals surface area contributed by atoms with Crippen LogP contribution < -0.4 is 5.32 Å². The average Bonchev–Trinajstić information content (AvgIpc) is 2.37. The summed E-state index contributed by atoms with van der Waals surface area (Å²) in [5, 5.41) is 12.6. The number of hydrogen-bond donors (Lipinski definition) is 2. The lowest BCUT2D eigenvalue weighted by molar-refractivity contribution is 0.114. The summed E-state index contributed by atoms with van der Waals surface area (Å²) < 4.78 is 0. The van der Waals surface area contributed by atoms with Crippen molar-refractivity contribution in [3.63, 3.8) is 0 Å². The van der Waals surface area contributed by atoms with Gasteiger partial charge in [0, 0.05) is 38.3 Å². The minimum atomic E-state index is -0.504. The lowest BCUT2D eigenvalue weighted by Crippen LogP contribution is -2.52. The Morgan fingerprint density at radius 2 is 1.95 bits per heavy atom. The van der Waals surface area contributed by atoms with E-state index < -0.39 is 6.10 Å². The van der Waals surface area contributed by atoms with Crippen LogP contribution in [0.3, 0.4) is 0 Å². The summed E-state index contributed by atoms with van der Waals surface area (Å²) in [5.74, 6) is 0. The van der Waals surface area contributed by atoms with Crippen LogP contribution in [0.5, 0.6) is 0 Å². The molecule has 1 aliphatic heterocycles. The molecule has 1 saturated heterocycles. The fourth-order valence-corrected chi connectivity index (χ4v) is 2.69. The van der Waals surface area contributed by atoms with Gasteiger partial charge in [-0.1, -0.05) is 12.2 Å². The zero-order valence-corrected chi connectivity index (χ0v) is 13.9. The van der Waals surface area contributed by atoms with Gasteiger partial charge in [-0.3, -0.25) is 4.90 Å². The maximum Gasteiger partial charge on any atom is 0.317 e. The van der Waals surface area contributed by atoms with Crippen molar-refractivity contribution < 1.29 is 9.90 Å². The van der Waals surface area contributed by atoms with Gasteiger partial charge in [-0.05, 0) is 40.5 Å². The van der Waals surface area contributed by atoms with E-state index in [0.29, 0.717) is 6.54 Å². The summed E-state index contributed by atoms with van der Waals surface area (Å²) in [5.41, 5.74) is 1.18. The summed E-state index contributed by atoms with van der Waals surface area (Å²) in [6.07, 6.45) is 1.44. The van der Waals surface area contributed by atoms with Gasteiger partial charge in [-0.2, -0.15) is 0 Å². The molecule has 5 nitrogen and oxygen atoms in total. The van der Waals surface area contributed by atoms with Crippen molar-refractivity contribution >= 4 is 6.03 Å². The third-order valence-corrected chi connectivity index (χ3v) is 3.75. The Balaban J connectivity index is 2.43. The molecule has 0 aromatic heterocycles. The minimum Gasteiger partial charge on any atom is -0.392 e. The van der Waals surface area contributed by atoms with E-state index in [-0.39, 0.29) is 18.1 Å². The average molecular weight is 297 g/mol. The quantitative estimate of drug-likeness (QED) is 0.735. The molecule has 1 rings (SSSR count). The van der Waals surface area contributed by atoms with Crippen LogP contribution in [-0.2, 0) is 0 Å². The second kappa shape index (κ2) is 8.39. The number of nitrogens with one attached hydrogen (secondary N) is 1. The Labute approximate surface area is 129 Å². The predicted molar refractivity (Wildman–Crippen MR) is 86.3 cm³/mol. The molecule has 1 atom stereocenters. The third kappa shape index (κ3) is 6.48. The SMILES string of the molecule is C=C(C)CN1CCC(NC(=O)N(CC(C)O)C(C)C)CC1. The number of urea groups is 1. The molecule has 122 valence electrons. The molecule has 1 fully saturated rings. The van der Waals surface area contributed by atoms with Gasteiger partial charge in [0.25, 0.3) is 0 Å². The maximum atomic E-state index is 12.3. The molecule has 1 aliphatic rings. The fourth-order valence-electron chi connectivity index (χ4n) is 2.69. The molecule has 2 amide bonds. The van der Waals surface area contributed by atoms with Gasteiger partial charge < -0.3 is 15.3 Å². The van der Waals surface area contributed by atoms with Crippen molar-refractivity contribution in [1.82, 2.24) is 15.1 Å². The number of hydrogen-bond acceptors (Lipinski definition) is 3. The van der Waals surface area contributed by atoms with E-state index >= 15 is 0 Å². The van der Waals surface area contributed by atoms with E-state index in [2.05, 4.69) is 16.8 Å². The second-order valence-corrected chi connectivity index (χ2v) is 6.55. The molecule has 5 heteroatoms. The van der Waals surface area contributed by atoms with Gasteiger partial charge in [0.15, 0.2) is 0 Å². The summed E-state index contributed by atoms with van der Waals surface area (Å²) >= 11 is 0. The number of rotatable bonds is 6. The number of likely N-dealkylation sites (tertiary alicyclic amines) is 1. The number of nitrogens with zero attached hydrogens (tertiary/aromatic N) is 2. The Hall–Kier alpha value is -1.07. The van der Waals surface area contributed by atoms with Crippen molar-refractivity contribution in [3.8, 4) is 0 Å². The summed E-state index contributed by atoms with van der Waals surface area (Å²) in [4.78, 5) is 16.4. The van der Waals surface area contributed by atoms with Gasteiger partial charge in [-0.25, -0.2) is 4.79 Å². The van der Waals surface area contributed by atoms with Crippen molar-refractivity contribution in [1.29, 1.82) is 0 Å². The predicted octanol–water partition coefficient (Wildman–Crippen LogP) is 1.83. The zero-order chi connectivity index (χ0) is 16.0. The van der Waals surface area contributed by atoms with Crippen molar-refractivity contribution in [2.75, 3.05) is 26.2 Å². The van der Waals surface area contributed by atoms with Crippen molar-refractivity contribution in [2.24, 2.45) is 0 Å². The first-order chi connectivity index (χ1) is 9.79. The van der Waals surface area contributed by atoms with Gasteiger partial charge in [0.1, 0.15) is 0 Å². The number of amides is 2. The summed E-state index contributed by atoms with van der Waals surface area (Å²) in [6.45, 7) is 14.9. The van der Waals surface area contributed by atoms with E-state index in [1.54, 1.807) is 11.8 Å². The topological polar surface area (TPSA) is 55.8 Å². The first kappa shape index (κ1) is 18.0. The molecule has 1 heterocycles. The van der Waals surface area contributed by atoms with Crippen LogP contribution in [0, 0.1) is 0 Å². The van der Waals surface area contributed by atoms with Crippen LogP contribution >= 0.6 is 0 Å². The standard InChI is InChI=1S/C16H31N3O2/c1-12(2)10-18-8-6-15(7-9-18)17-16(21)19(13(3)4)11-14(5)20/h13-15,20H,1,6-11H2,2-5H3,(H,17,21). The van der Waals surface area contributed by atoms with E-state index in [9.17, 15) is 9.90 Å². The zero-order valence-electron chi connectivity index (χ0n) is 13.9. The van der Waals surface area contributed by atoms with E-state index in [4.69, 9.17) is 0 Å². The molecular weight excluding hydrogens is 266 g/mol. The summed E-state index contributed by atoms with van der Waals surface area (Å²) in [7, 11) is 0. The normalized spacial score (nSPS) is 18.6. The van der Waals surface area contributed by atoms with Crippen LogP contribution in [0.4, 0.5) is 4.79 Å². The van der Waals surface area contributed by atoms with Crippen LogP contribution in [0.2, 0.25) is 0 Å². The largest absolute Gasteiger partial charge is 0.392 e. The van der Waals surface area contributed by atoms with Crippen LogP contribution in [-0.4, -0.2) is 65.3 Å². The van der Waals surface area contributed by atoms with Gasteiger partial charge in [-0.15, -0.1) is 0 Å². The molecule has 2 N–H and O–H groups in total. The molecule has 0 aliphatic carbocycles. The van der Waals surface area contributed by atoms with Crippen molar-refractivity contribution in [2.45, 2.75) is 58.7 Å². The van der Waals surface area contributed by atoms with Gasteiger partial charge >= 0.3 is 6.03 Å². The van der Waals surface area contributed by atoms with Gasteiger partial charge in [0.05, 0.1) is 6.10 Å². The Morgan fingerprint density at radius 3 is 2.38 bits per heavy atom. The Kier molecular flexibility index (Phi) is 7.18. The Bertz CT molecular complexity index is 347. The molecule has 0 aromatic rings. The highest BCUT2D eigenvalue weighted by molar-refractivity contribution is 5.74. The molecule has 0 aromatic carbocycles. The molecule has 0 spiro atoms. The lowest BCUT2D eigenvalue weighted by atomic mass is 10.0. The van der Waals surface area contributed by atoms with Crippen molar-refractivity contribution in [3.05, 3.63) is 12.2 Å². The molecule has 0 saturated carbocycles. The third-order valence-electron chi connectivity index (χ3n) is 3.75. The lowest BCUT2D eigenvalue weighted by Gasteiger charge is -2.35. The first-order valence-electron chi connectivity index (χ1n) is 7.91. The highest BCUT2D eigenvalue weighted by atomic mass is 16.3. The molecule has 21 heavy (non-hydrogen) atoms. The number of carbonyl (C=O) groups is 1.